The molecule has 0 atom stereocenters. The molecule has 0 saturated heterocycles. The van der Waals surface area contributed by atoms with Gasteiger partial charge in [-0.1, -0.05) is 5.92 Å². The van der Waals surface area contributed by atoms with Crippen molar-refractivity contribution < 1.29 is 0 Å². The summed E-state index contributed by atoms with van der Waals surface area (Å²) in [6.07, 6.45) is 3.56. The lowest BCUT2D eigenvalue weighted by atomic mass is 10.4. The maximum Gasteiger partial charge on any atom is 0.156 e. The second kappa shape index (κ2) is 2.67. The lowest BCUT2D eigenvalue weighted by Crippen LogP contribution is -1.90. The molecule has 0 aromatic carbocycles. The van der Waals surface area contributed by atoms with Crippen LogP contribution in [-0.4, -0.2) is 14.6 Å². The molecule has 0 saturated carbocycles. The zero-order valence-corrected chi connectivity index (χ0v) is 6.65. The molecule has 0 aliphatic carbocycles. The lowest BCUT2D eigenvalue weighted by Gasteiger charge is -1.91. The van der Waals surface area contributed by atoms with Crippen molar-refractivity contribution in [1.29, 1.82) is 0 Å². The maximum absolute atomic E-state index is 4.25. The molecule has 0 aliphatic heterocycles. The molecule has 3 nitrogen and oxygen atoms in total. The van der Waals surface area contributed by atoms with Gasteiger partial charge < -0.3 is 0 Å². The van der Waals surface area contributed by atoms with Gasteiger partial charge in [-0.05, 0) is 18.9 Å². The van der Waals surface area contributed by atoms with Crippen LogP contribution in [0.2, 0.25) is 0 Å². The largest absolute Gasteiger partial charge is 0.223 e. The van der Waals surface area contributed by atoms with Crippen LogP contribution in [0, 0.1) is 11.8 Å². The van der Waals surface area contributed by atoms with E-state index in [0.717, 1.165) is 11.3 Å². The third-order valence-electron chi connectivity index (χ3n) is 1.51. The average molecular weight is 157 g/mol. The highest BCUT2D eigenvalue weighted by Gasteiger charge is 1.93. The van der Waals surface area contributed by atoms with Crippen LogP contribution in [0.3, 0.4) is 0 Å². The van der Waals surface area contributed by atoms with Gasteiger partial charge in [-0.2, -0.15) is 5.10 Å². The molecule has 0 fully saturated rings. The van der Waals surface area contributed by atoms with Gasteiger partial charge in [0.05, 0.1) is 6.20 Å². The highest BCUT2D eigenvalue weighted by molar-refractivity contribution is 5.40. The smallest absolute Gasteiger partial charge is 0.156 e. The maximum atomic E-state index is 4.25. The van der Waals surface area contributed by atoms with Crippen molar-refractivity contribution >= 4 is 5.65 Å². The Morgan fingerprint density at radius 3 is 3.17 bits per heavy atom. The van der Waals surface area contributed by atoms with E-state index >= 15 is 0 Å². The van der Waals surface area contributed by atoms with Gasteiger partial charge >= 0.3 is 0 Å². The Balaban J connectivity index is 2.65. The van der Waals surface area contributed by atoms with Crippen molar-refractivity contribution in [3.8, 4) is 11.8 Å². The molecule has 0 radical (unpaired) electrons. The van der Waals surface area contributed by atoms with E-state index in [1.807, 2.05) is 18.3 Å². The highest BCUT2D eigenvalue weighted by atomic mass is 15.2. The van der Waals surface area contributed by atoms with E-state index in [4.69, 9.17) is 0 Å². The standard InChI is InChI=1S/C9H7N3/c1-2-3-8-5-7-12-9(11-8)4-6-10-12/h4-7H,1H3. The Morgan fingerprint density at radius 1 is 1.42 bits per heavy atom. The van der Waals surface area contributed by atoms with E-state index < -0.39 is 0 Å². The van der Waals surface area contributed by atoms with E-state index in [1.54, 1.807) is 17.6 Å². The van der Waals surface area contributed by atoms with Crippen LogP contribution in [0.5, 0.6) is 0 Å². The quantitative estimate of drug-likeness (QED) is 0.536. The van der Waals surface area contributed by atoms with E-state index in [-0.39, 0.29) is 0 Å². The lowest BCUT2D eigenvalue weighted by molar-refractivity contribution is 0.936. The number of aromatic nitrogens is 3. The molecule has 12 heavy (non-hydrogen) atoms. The summed E-state index contributed by atoms with van der Waals surface area (Å²) < 4.78 is 1.71. The van der Waals surface area contributed by atoms with Gasteiger partial charge in [0.1, 0.15) is 5.69 Å². The summed E-state index contributed by atoms with van der Waals surface area (Å²) >= 11 is 0. The number of nitrogens with zero attached hydrogens (tertiary/aromatic N) is 3. The van der Waals surface area contributed by atoms with Gasteiger partial charge in [-0.25, -0.2) is 9.50 Å². The van der Waals surface area contributed by atoms with E-state index in [0.29, 0.717) is 0 Å². The molecule has 2 heterocycles. The Bertz CT molecular complexity index is 459. The molecule has 0 N–H and O–H groups in total. The van der Waals surface area contributed by atoms with Crippen LogP contribution in [0.25, 0.3) is 5.65 Å². The van der Waals surface area contributed by atoms with Gasteiger partial charge in [0.25, 0.3) is 0 Å². The molecule has 58 valence electrons. The second-order valence-electron chi connectivity index (χ2n) is 2.32. The Kier molecular flexibility index (Phi) is 1.52. The summed E-state index contributed by atoms with van der Waals surface area (Å²) in [6.45, 7) is 1.79. The first-order valence-corrected chi connectivity index (χ1v) is 3.63. The van der Waals surface area contributed by atoms with Gasteiger partial charge in [0, 0.05) is 12.3 Å². The summed E-state index contributed by atoms with van der Waals surface area (Å²) in [5.41, 5.74) is 1.61. The SMILES string of the molecule is CC#Cc1ccn2nccc2n1. The molecule has 0 bridgehead atoms. The highest BCUT2D eigenvalue weighted by Crippen LogP contribution is 1.98. The van der Waals surface area contributed by atoms with Gasteiger partial charge in [0.15, 0.2) is 5.65 Å². The first kappa shape index (κ1) is 6.86. The predicted octanol–water partition coefficient (Wildman–Crippen LogP) is 1.10. The van der Waals surface area contributed by atoms with E-state index in [2.05, 4.69) is 21.9 Å². The Hall–Kier alpha value is -1.82. The molecular weight excluding hydrogens is 150 g/mol. The van der Waals surface area contributed by atoms with Crippen LogP contribution in [0.15, 0.2) is 24.5 Å². The van der Waals surface area contributed by atoms with Crippen molar-refractivity contribution in [3.05, 3.63) is 30.2 Å². The first-order chi connectivity index (χ1) is 5.90. The molecule has 0 spiro atoms. The molecule has 3 heteroatoms. The Morgan fingerprint density at radius 2 is 2.33 bits per heavy atom. The van der Waals surface area contributed by atoms with Crippen LogP contribution in [0.1, 0.15) is 12.6 Å². The third-order valence-corrected chi connectivity index (χ3v) is 1.51. The van der Waals surface area contributed by atoms with Gasteiger partial charge in [-0.3, -0.25) is 0 Å². The number of rotatable bonds is 0. The molecule has 2 rings (SSSR count). The van der Waals surface area contributed by atoms with Crippen LogP contribution >= 0.6 is 0 Å². The monoisotopic (exact) mass is 157 g/mol. The number of hydrogen-bond acceptors (Lipinski definition) is 2. The molecular formula is C9H7N3. The fourth-order valence-corrected chi connectivity index (χ4v) is 1.01. The average Bonchev–Trinajstić information content (AvgIpc) is 2.51. The van der Waals surface area contributed by atoms with E-state index in [9.17, 15) is 0 Å². The minimum Gasteiger partial charge on any atom is -0.223 e. The first-order valence-electron chi connectivity index (χ1n) is 3.63. The molecule has 0 aliphatic rings. The van der Waals surface area contributed by atoms with Crippen molar-refractivity contribution in [2.45, 2.75) is 6.92 Å². The number of hydrogen-bond donors (Lipinski definition) is 0. The molecule has 0 amide bonds. The fourth-order valence-electron chi connectivity index (χ4n) is 1.01. The topological polar surface area (TPSA) is 30.2 Å². The van der Waals surface area contributed by atoms with Crippen LogP contribution < -0.4 is 0 Å². The number of fused-ring (bicyclic) bond motifs is 1. The van der Waals surface area contributed by atoms with Crippen molar-refractivity contribution in [3.63, 3.8) is 0 Å². The van der Waals surface area contributed by atoms with Crippen molar-refractivity contribution in [1.82, 2.24) is 14.6 Å². The third kappa shape index (κ3) is 1.04. The molecule has 0 unspecified atom stereocenters. The van der Waals surface area contributed by atoms with Crippen molar-refractivity contribution in [2.75, 3.05) is 0 Å². The zero-order valence-electron chi connectivity index (χ0n) is 6.65. The van der Waals surface area contributed by atoms with Gasteiger partial charge in [0.2, 0.25) is 0 Å². The zero-order chi connectivity index (χ0) is 8.39. The summed E-state index contributed by atoms with van der Waals surface area (Å²) in [6, 6.07) is 3.69. The fraction of sp³-hybridized carbons (Fsp3) is 0.111. The van der Waals surface area contributed by atoms with Crippen molar-refractivity contribution in [2.24, 2.45) is 0 Å². The summed E-state index contributed by atoms with van der Waals surface area (Å²) in [4.78, 5) is 4.25. The molecule has 2 aromatic heterocycles. The van der Waals surface area contributed by atoms with E-state index in [1.165, 1.54) is 0 Å². The normalized spacial score (nSPS) is 9.42. The van der Waals surface area contributed by atoms with Crippen LogP contribution in [-0.2, 0) is 0 Å². The molecule has 2 aromatic rings. The minimum atomic E-state index is 0.783. The Labute approximate surface area is 70.1 Å². The summed E-state index contributed by atoms with van der Waals surface area (Å²) in [5.74, 6) is 5.69. The van der Waals surface area contributed by atoms with Crippen LogP contribution in [0.4, 0.5) is 0 Å². The second-order valence-corrected chi connectivity index (χ2v) is 2.32. The summed E-state index contributed by atoms with van der Waals surface area (Å²) in [5, 5.41) is 4.03. The summed E-state index contributed by atoms with van der Waals surface area (Å²) in [7, 11) is 0. The van der Waals surface area contributed by atoms with Gasteiger partial charge in [-0.15, -0.1) is 0 Å². The predicted molar refractivity (Wildman–Crippen MR) is 45.5 cm³/mol. The minimum absolute atomic E-state index is 0.783.